The number of ether oxygens (including phenoxy) is 1. The molecule has 4 fully saturated rings. The highest BCUT2D eigenvalue weighted by atomic mass is 16.5. The summed E-state index contributed by atoms with van der Waals surface area (Å²) in [7, 11) is 0. The van der Waals surface area contributed by atoms with E-state index in [1.165, 1.54) is 38.5 Å². The van der Waals surface area contributed by atoms with Crippen LogP contribution in [0.3, 0.4) is 0 Å². The molecule has 1 amide bonds. The lowest BCUT2D eigenvalue weighted by Gasteiger charge is -2.37. The lowest BCUT2D eigenvalue weighted by Crippen LogP contribution is -2.49. The Labute approximate surface area is 191 Å². The van der Waals surface area contributed by atoms with Crippen molar-refractivity contribution in [3.8, 4) is 0 Å². The van der Waals surface area contributed by atoms with E-state index < -0.39 is 0 Å². The molecule has 0 radical (unpaired) electrons. The van der Waals surface area contributed by atoms with E-state index >= 15 is 0 Å². The standard InChI is InChI=1S/C24H38N6O2/c31-24(18-20-4-1-2-5-20)30-15-13-29(14-16-30)23-8-7-22(25-26-23)28-11-9-27(10-12-28)19-21-6-3-17-32-21/h7-8,20-21H,1-6,9-19H2. The molecule has 0 aromatic carbocycles. The summed E-state index contributed by atoms with van der Waals surface area (Å²) in [6, 6.07) is 4.20. The van der Waals surface area contributed by atoms with Gasteiger partial charge in [-0.1, -0.05) is 12.8 Å². The Hall–Kier alpha value is -1.93. The molecule has 3 saturated heterocycles. The minimum atomic E-state index is 0.344. The molecule has 4 heterocycles. The molecule has 1 aliphatic carbocycles. The fourth-order valence-electron chi connectivity index (χ4n) is 5.67. The fraction of sp³-hybridized carbons (Fsp3) is 0.792. The average molecular weight is 443 g/mol. The third kappa shape index (κ3) is 5.34. The second kappa shape index (κ2) is 10.3. The van der Waals surface area contributed by atoms with E-state index in [2.05, 4.69) is 37.0 Å². The number of carbonyl (C=O) groups excluding carboxylic acids is 1. The van der Waals surface area contributed by atoms with Gasteiger partial charge in [0, 0.05) is 71.9 Å². The van der Waals surface area contributed by atoms with E-state index in [9.17, 15) is 4.79 Å². The summed E-state index contributed by atoms with van der Waals surface area (Å²) in [5, 5.41) is 9.07. The van der Waals surface area contributed by atoms with Crippen molar-refractivity contribution in [2.24, 2.45) is 5.92 Å². The summed E-state index contributed by atoms with van der Waals surface area (Å²) in [6.07, 6.45) is 8.65. The Morgan fingerprint density at radius 2 is 1.47 bits per heavy atom. The van der Waals surface area contributed by atoms with Crippen molar-refractivity contribution >= 4 is 17.5 Å². The zero-order chi connectivity index (χ0) is 21.8. The van der Waals surface area contributed by atoms with Gasteiger partial charge in [-0.2, -0.15) is 0 Å². The zero-order valence-corrected chi connectivity index (χ0v) is 19.3. The lowest BCUT2D eigenvalue weighted by atomic mass is 10.0. The first-order valence-electron chi connectivity index (χ1n) is 12.7. The van der Waals surface area contributed by atoms with Crippen LogP contribution in [-0.4, -0.2) is 97.5 Å². The van der Waals surface area contributed by atoms with Crippen LogP contribution >= 0.6 is 0 Å². The SMILES string of the molecule is O=C(CC1CCCC1)N1CCN(c2ccc(N3CCN(CC4CCCO4)CC3)nn2)CC1. The van der Waals surface area contributed by atoms with Crippen LogP contribution in [0.5, 0.6) is 0 Å². The van der Waals surface area contributed by atoms with Gasteiger partial charge in [0.15, 0.2) is 11.6 Å². The number of rotatable bonds is 6. The van der Waals surface area contributed by atoms with E-state index in [0.717, 1.165) is 83.6 Å². The number of hydrogen-bond acceptors (Lipinski definition) is 7. The van der Waals surface area contributed by atoms with Gasteiger partial charge in [-0.3, -0.25) is 9.69 Å². The third-order valence-electron chi connectivity index (χ3n) is 7.71. The molecule has 32 heavy (non-hydrogen) atoms. The Morgan fingerprint density at radius 3 is 2.03 bits per heavy atom. The van der Waals surface area contributed by atoms with Crippen molar-refractivity contribution in [2.75, 3.05) is 75.3 Å². The monoisotopic (exact) mass is 442 g/mol. The van der Waals surface area contributed by atoms with E-state index in [-0.39, 0.29) is 0 Å². The Morgan fingerprint density at radius 1 is 0.844 bits per heavy atom. The van der Waals surface area contributed by atoms with Crippen molar-refractivity contribution in [1.29, 1.82) is 0 Å². The number of nitrogens with zero attached hydrogens (tertiary/aromatic N) is 6. The van der Waals surface area contributed by atoms with Gasteiger partial charge in [-0.15, -0.1) is 10.2 Å². The molecule has 0 spiro atoms. The minimum absolute atomic E-state index is 0.344. The molecule has 0 bridgehead atoms. The number of anilines is 2. The maximum absolute atomic E-state index is 12.6. The van der Waals surface area contributed by atoms with Gasteiger partial charge in [0.05, 0.1) is 6.10 Å². The van der Waals surface area contributed by atoms with Gasteiger partial charge in [-0.25, -0.2) is 0 Å². The van der Waals surface area contributed by atoms with Gasteiger partial charge in [-0.05, 0) is 43.7 Å². The molecule has 4 aliphatic rings. The number of amides is 1. The molecule has 1 aromatic rings. The number of carbonyl (C=O) groups is 1. The van der Waals surface area contributed by atoms with Crippen LogP contribution < -0.4 is 9.80 Å². The van der Waals surface area contributed by atoms with Gasteiger partial charge >= 0.3 is 0 Å². The van der Waals surface area contributed by atoms with E-state index in [4.69, 9.17) is 4.74 Å². The quantitative estimate of drug-likeness (QED) is 0.668. The Balaban J connectivity index is 1.06. The molecule has 3 aliphatic heterocycles. The van der Waals surface area contributed by atoms with Gasteiger partial charge in [0.25, 0.3) is 0 Å². The highest BCUT2D eigenvalue weighted by Gasteiger charge is 2.26. The Kier molecular flexibility index (Phi) is 7.07. The molecule has 1 atom stereocenters. The summed E-state index contributed by atoms with van der Waals surface area (Å²) in [4.78, 5) is 21.8. The third-order valence-corrected chi connectivity index (χ3v) is 7.71. The molecule has 8 nitrogen and oxygen atoms in total. The van der Waals surface area contributed by atoms with Crippen LogP contribution in [0.25, 0.3) is 0 Å². The second-order valence-corrected chi connectivity index (χ2v) is 9.89. The highest BCUT2D eigenvalue weighted by molar-refractivity contribution is 5.76. The van der Waals surface area contributed by atoms with E-state index in [1.54, 1.807) is 0 Å². The van der Waals surface area contributed by atoms with E-state index in [1.807, 2.05) is 4.90 Å². The van der Waals surface area contributed by atoms with Crippen molar-refractivity contribution < 1.29 is 9.53 Å². The number of hydrogen-bond donors (Lipinski definition) is 0. The molecule has 8 heteroatoms. The van der Waals surface area contributed by atoms with Crippen LogP contribution in [0.15, 0.2) is 12.1 Å². The first kappa shape index (κ1) is 21.9. The smallest absolute Gasteiger partial charge is 0.222 e. The van der Waals surface area contributed by atoms with E-state index in [0.29, 0.717) is 17.9 Å². The minimum Gasteiger partial charge on any atom is -0.377 e. The summed E-state index contributed by atoms with van der Waals surface area (Å²) in [6.45, 7) is 9.35. The van der Waals surface area contributed by atoms with Crippen LogP contribution in [0.1, 0.15) is 44.9 Å². The highest BCUT2D eigenvalue weighted by Crippen LogP contribution is 2.28. The van der Waals surface area contributed by atoms with Crippen molar-refractivity contribution in [2.45, 2.75) is 51.0 Å². The topological polar surface area (TPSA) is 65.0 Å². The normalized spacial score (nSPS) is 25.6. The zero-order valence-electron chi connectivity index (χ0n) is 19.3. The van der Waals surface area contributed by atoms with Gasteiger partial charge in [0.2, 0.25) is 5.91 Å². The maximum atomic E-state index is 12.6. The Bertz CT molecular complexity index is 731. The van der Waals surface area contributed by atoms with Crippen LogP contribution in [0.4, 0.5) is 11.6 Å². The first-order chi connectivity index (χ1) is 15.7. The molecular weight excluding hydrogens is 404 g/mol. The summed E-state index contributed by atoms with van der Waals surface area (Å²) in [5.41, 5.74) is 0. The lowest BCUT2D eigenvalue weighted by molar-refractivity contribution is -0.132. The molecule has 0 N–H and O–H groups in total. The van der Waals surface area contributed by atoms with Crippen LogP contribution in [-0.2, 0) is 9.53 Å². The average Bonchev–Trinajstić information content (AvgIpc) is 3.54. The maximum Gasteiger partial charge on any atom is 0.222 e. The summed E-state index contributed by atoms with van der Waals surface area (Å²) in [5.74, 6) is 2.86. The first-order valence-corrected chi connectivity index (χ1v) is 12.7. The molecule has 5 rings (SSSR count). The van der Waals surface area contributed by atoms with Gasteiger partial charge in [0.1, 0.15) is 0 Å². The predicted octanol–water partition coefficient (Wildman–Crippen LogP) is 2.01. The molecule has 1 saturated carbocycles. The summed E-state index contributed by atoms with van der Waals surface area (Å²) >= 11 is 0. The van der Waals surface area contributed by atoms with Crippen LogP contribution in [0, 0.1) is 5.92 Å². The molecular formula is C24H38N6O2. The molecule has 1 aromatic heterocycles. The number of piperazine rings is 2. The molecule has 176 valence electrons. The predicted molar refractivity (Wildman–Crippen MR) is 125 cm³/mol. The second-order valence-electron chi connectivity index (χ2n) is 9.89. The molecule has 1 unspecified atom stereocenters. The fourth-order valence-corrected chi connectivity index (χ4v) is 5.67. The summed E-state index contributed by atoms with van der Waals surface area (Å²) < 4.78 is 5.78. The largest absolute Gasteiger partial charge is 0.377 e. The van der Waals surface area contributed by atoms with Gasteiger partial charge < -0.3 is 19.4 Å². The van der Waals surface area contributed by atoms with Crippen molar-refractivity contribution in [3.63, 3.8) is 0 Å². The van der Waals surface area contributed by atoms with Crippen molar-refractivity contribution in [3.05, 3.63) is 12.1 Å². The van der Waals surface area contributed by atoms with Crippen LogP contribution in [0.2, 0.25) is 0 Å². The number of aromatic nitrogens is 2. The van der Waals surface area contributed by atoms with Crippen molar-refractivity contribution in [1.82, 2.24) is 20.0 Å².